The maximum absolute atomic E-state index is 13.5. The second-order valence-corrected chi connectivity index (χ2v) is 12.0. The van der Waals surface area contributed by atoms with Crippen LogP contribution in [0.2, 0.25) is 0 Å². The Hall–Kier alpha value is -2.28. The number of piperidine rings is 2. The highest BCUT2D eigenvalue weighted by Crippen LogP contribution is 2.37. The highest BCUT2D eigenvalue weighted by Gasteiger charge is 2.47. The molecule has 3 aliphatic heterocycles. The number of rotatable bonds is 6. The third-order valence-corrected chi connectivity index (χ3v) is 9.76. The molecule has 0 aliphatic carbocycles. The normalized spacial score (nSPS) is 23.4. The number of hydroxylamine groups is 1. The van der Waals surface area contributed by atoms with Crippen molar-refractivity contribution in [3.8, 4) is 0 Å². The zero-order valence-electron chi connectivity index (χ0n) is 20.4. The van der Waals surface area contributed by atoms with Gasteiger partial charge in [0.15, 0.2) is 0 Å². The van der Waals surface area contributed by atoms with E-state index in [9.17, 15) is 27.6 Å². The Bertz CT molecular complexity index is 1060. The zero-order valence-corrected chi connectivity index (χ0v) is 21.3. The lowest BCUT2D eigenvalue weighted by Gasteiger charge is -2.41. The smallest absolute Gasteiger partial charge is 0.410 e. The van der Waals surface area contributed by atoms with Crippen LogP contribution in [0.25, 0.3) is 0 Å². The molecule has 0 spiro atoms. The Balaban J connectivity index is 1.38. The first-order chi connectivity index (χ1) is 17.1. The van der Waals surface area contributed by atoms with Crippen molar-refractivity contribution in [1.82, 2.24) is 14.7 Å². The van der Waals surface area contributed by atoms with Gasteiger partial charge in [0.1, 0.15) is 11.9 Å². The summed E-state index contributed by atoms with van der Waals surface area (Å²) in [6, 6.07) is 4.67. The lowest BCUT2D eigenvalue weighted by atomic mass is 9.79. The summed E-state index contributed by atoms with van der Waals surface area (Å²) in [5.74, 6) is -1.38. The second-order valence-electron chi connectivity index (χ2n) is 10.0. The van der Waals surface area contributed by atoms with Crippen LogP contribution < -0.4 is 5.48 Å². The van der Waals surface area contributed by atoms with E-state index in [1.807, 2.05) is 6.92 Å². The minimum Gasteiger partial charge on any atom is -0.444 e. The molecular weight excluding hydrogens is 493 g/mol. The van der Waals surface area contributed by atoms with Gasteiger partial charge in [-0.2, -0.15) is 0 Å². The molecular formula is C24H34FN3O7S. The zero-order chi connectivity index (χ0) is 25.9. The van der Waals surface area contributed by atoms with Crippen LogP contribution >= 0.6 is 0 Å². The molecule has 3 heterocycles. The van der Waals surface area contributed by atoms with Gasteiger partial charge >= 0.3 is 6.09 Å². The van der Waals surface area contributed by atoms with Gasteiger partial charge in [0.05, 0.1) is 24.4 Å². The van der Waals surface area contributed by atoms with Gasteiger partial charge in [-0.1, -0.05) is 6.07 Å². The summed E-state index contributed by atoms with van der Waals surface area (Å²) in [5.41, 5.74) is 2.15. The van der Waals surface area contributed by atoms with Crippen molar-refractivity contribution in [1.29, 1.82) is 0 Å². The summed E-state index contributed by atoms with van der Waals surface area (Å²) < 4.78 is 52.3. The first-order valence-corrected chi connectivity index (χ1v) is 14.0. The monoisotopic (exact) mass is 527 g/mol. The van der Waals surface area contributed by atoms with Gasteiger partial charge in [0.25, 0.3) is 5.91 Å². The molecule has 1 aromatic carbocycles. The van der Waals surface area contributed by atoms with E-state index in [4.69, 9.17) is 9.47 Å². The first-order valence-electron chi connectivity index (χ1n) is 12.4. The molecule has 0 radical (unpaired) electrons. The molecule has 1 atom stereocenters. The van der Waals surface area contributed by atoms with Gasteiger partial charge < -0.3 is 14.4 Å². The van der Waals surface area contributed by atoms with Gasteiger partial charge in [0.2, 0.25) is 10.0 Å². The summed E-state index contributed by atoms with van der Waals surface area (Å²) >= 11 is 0. The molecule has 3 fully saturated rings. The average molecular weight is 528 g/mol. The predicted octanol–water partition coefficient (Wildman–Crippen LogP) is 2.16. The number of hydrogen-bond donors (Lipinski definition) is 2. The van der Waals surface area contributed by atoms with E-state index in [2.05, 4.69) is 0 Å². The number of nitrogens with zero attached hydrogens (tertiary/aromatic N) is 2. The van der Waals surface area contributed by atoms with E-state index in [-0.39, 0.29) is 43.8 Å². The molecule has 0 aromatic heterocycles. The molecule has 2 amide bonds. The third kappa shape index (κ3) is 5.82. The Labute approximate surface area is 210 Å². The van der Waals surface area contributed by atoms with Crippen LogP contribution in [0.5, 0.6) is 0 Å². The number of carbonyl (C=O) groups excluding carboxylic acids is 2. The fourth-order valence-corrected chi connectivity index (χ4v) is 7.55. The van der Waals surface area contributed by atoms with Crippen LogP contribution in [0.1, 0.15) is 49.1 Å². The summed E-state index contributed by atoms with van der Waals surface area (Å²) in [7, 11) is -3.83. The summed E-state index contributed by atoms with van der Waals surface area (Å²) in [4.78, 5) is 26.6. The quantitative estimate of drug-likeness (QED) is 0.429. The molecule has 10 nitrogen and oxygen atoms in total. The van der Waals surface area contributed by atoms with Crippen molar-refractivity contribution < 1.29 is 37.1 Å². The first kappa shape index (κ1) is 26.8. The number of sulfonamides is 1. The van der Waals surface area contributed by atoms with E-state index in [1.54, 1.807) is 11.5 Å². The number of aryl methyl sites for hydroxylation is 1. The average Bonchev–Trinajstić information content (AvgIpc) is 3.37. The standard InChI is InChI=1S/C24H34FN3O7S/c1-17-14-19(25)2-3-21(17)18-4-9-28(10-5-18)36(32,33)16-24(22(29)26-31)7-11-27(12-8-24)23(30)35-20-6-13-34-15-20/h2-3,14,18,20,31H,4-13,15-16H2,1H3,(H,26,29). The van der Waals surface area contributed by atoms with Crippen molar-refractivity contribution in [2.75, 3.05) is 45.1 Å². The fraction of sp³-hybridized carbons (Fsp3) is 0.667. The third-order valence-electron chi connectivity index (χ3n) is 7.70. The van der Waals surface area contributed by atoms with Crippen LogP contribution in [0.4, 0.5) is 9.18 Å². The molecule has 1 aromatic rings. The number of carbonyl (C=O) groups is 2. The Morgan fingerprint density at radius 2 is 1.89 bits per heavy atom. The van der Waals surface area contributed by atoms with E-state index in [1.165, 1.54) is 21.3 Å². The Kier molecular flexibility index (Phi) is 8.18. The molecule has 1 unspecified atom stereocenters. The van der Waals surface area contributed by atoms with E-state index < -0.39 is 33.2 Å². The topological polar surface area (TPSA) is 125 Å². The molecule has 2 N–H and O–H groups in total. The molecule has 200 valence electrons. The van der Waals surface area contributed by atoms with Gasteiger partial charge in [-0.05, 0) is 61.8 Å². The fourth-order valence-electron chi connectivity index (χ4n) is 5.48. The summed E-state index contributed by atoms with van der Waals surface area (Å²) in [6.45, 7) is 3.61. The van der Waals surface area contributed by atoms with Crippen LogP contribution in [0, 0.1) is 18.2 Å². The Morgan fingerprint density at radius 3 is 2.47 bits per heavy atom. The second kappa shape index (κ2) is 11.0. The van der Waals surface area contributed by atoms with Crippen molar-refractivity contribution in [3.63, 3.8) is 0 Å². The van der Waals surface area contributed by atoms with Crippen LogP contribution in [-0.2, 0) is 24.3 Å². The molecule has 0 saturated carbocycles. The van der Waals surface area contributed by atoms with Crippen LogP contribution in [-0.4, -0.2) is 86.1 Å². The number of ether oxygens (including phenoxy) is 2. The highest BCUT2D eigenvalue weighted by molar-refractivity contribution is 7.89. The largest absolute Gasteiger partial charge is 0.444 e. The van der Waals surface area contributed by atoms with Crippen LogP contribution in [0.3, 0.4) is 0 Å². The van der Waals surface area contributed by atoms with Gasteiger partial charge in [-0.25, -0.2) is 27.4 Å². The van der Waals surface area contributed by atoms with Crippen molar-refractivity contribution in [2.45, 2.75) is 51.0 Å². The van der Waals surface area contributed by atoms with Crippen molar-refractivity contribution in [2.24, 2.45) is 5.41 Å². The number of benzene rings is 1. The molecule has 12 heteroatoms. The number of likely N-dealkylation sites (tertiary alicyclic amines) is 1. The van der Waals surface area contributed by atoms with E-state index in [0.717, 1.165) is 11.1 Å². The van der Waals surface area contributed by atoms with E-state index >= 15 is 0 Å². The minimum atomic E-state index is -3.83. The van der Waals surface area contributed by atoms with E-state index in [0.29, 0.717) is 45.6 Å². The van der Waals surface area contributed by atoms with Gasteiger partial charge in [0, 0.05) is 32.6 Å². The van der Waals surface area contributed by atoms with Crippen molar-refractivity contribution in [3.05, 3.63) is 35.1 Å². The maximum Gasteiger partial charge on any atom is 0.410 e. The maximum atomic E-state index is 13.5. The highest BCUT2D eigenvalue weighted by atomic mass is 32.2. The van der Waals surface area contributed by atoms with Gasteiger partial charge in [-0.3, -0.25) is 10.0 Å². The summed E-state index contributed by atoms with van der Waals surface area (Å²) in [6.07, 6.45) is 1.17. The number of halogens is 1. The lowest BCUT2D eigenvalue weighted by Crippen LogP contribution is -2.55. The molecule has 4 rings (SSSR count). The Morgan fingerprint density at radius 1 is 1.19 bits per heavy atom. The molecule has 3 saturated heterocycles. The van der Waals surface area contributed by atoms with Gasteiger partial charge in [-0.15, -0.1) is 0 Å². The number of nitrogens with one attached hydrogen (secondary N) is 1. The van der Waals surface area contributed by atoms with Crippen LogP contribution in [0.15, 0.2) is 18.2 Å². The minimum absolute atomic E-state index is 0.0835. The van der Waals surface area contributed by atoms with Crippen molar-refractivity contribution >= 4 is 22.0 Å². The summed E-state index contributed by atoms with van der Waals surface area (Å²) in [5, 5.41) is 9.38. The SMILES string of the molecule is Cc1cc(F)ccc1C1CCN(S(=O)(=O)CC2(C(=O)NO)CCN(C(=O)OC3CCOC3)CC2)CC1. The molecule has 36 heavy (non-hydrogen) atoms. The molecule has 3 aliphatic rings. The number of amides is 2. The number of hydrogen-bond acceptors (Lipinski definition) is 7. The molecule has 0 bridgehead atoms. The predicted molar refractivity (Wildman–Crippen MR) is 127 cm³/mol. The lowest BCUT2D eigenvalue weighted by molar-refractivity contribution is -0.141.